The van der Waals surface area contributed by atoms with Crippen molar-refractivity contribution in [3.63, 3.8) is 0 Å². The second-order valence-corrected chi connectivity index (χ2v) is 10.3. The third-order valence-corrected chi connectivity index (χ3v) is 7.15. The fourth-order valence-electron chi connectivity index (χ4n) is 4.98. The molecule has 4 rings (SSSR count). The predicted molar refractivity (Wildman–Crippen MR) is 159 cm³/mol. The number of Topliss-reactive ketones (excluding diaryl/α,β-unsaturated/α-hetero) is 1. The van der Waals surface area contributed by atoms with Gasteiger partial charge in [0.1, 0.15) is 17.3 Å². The van der Waals surface area contributed by atoms with Gasteiger partial charge in [-0.2, -0.15) is 0 Å². The molecule has 1 aliphatic heterocycles. The molecule has 1 amide bonds. The maximum Gasteiger partial charge on any atom is 0.300 e. The van der Waals surface area contributed by atoms with E-state index in [9.17, 15) is 14.7 Å². The van der Waals surface area contributed by atoms with Gasteiger partial charge in [-0.3, -0.25) is 14.5 Å². The fraction of sp³-hybridized carbons (Fsp3) is 0.333. The summed E-state index contributed by atoms with van der Waals surface area (Å²) >= 11 is 0. The molecule has 3 aromatic rings. The van der Waals surface area contributed by atoms with Crippen molar-refractivity contribution in [3.8, 4) is 11.5 Å². The molecular weight excluding hydrogens is 504 g/mol. The Morgan fingerprint density at radius 3 is 2.17 bits per heavy atom. The van der Waals surface area contributed by atoms with Crippen LogP contribution in [0.1, 0.15) is 50.4 Å². The zero-order chi connectivity index (χ0) is 29.0. The van der Waals surface area contributed by atoms with Crippen molar-refractivity contribution in [1.29, 1.82) is 0 Å². The number of hydrogen-bond donors (Lipinski definition) is 1. The number of aliphatic hydroxyl groups excluding tert-OH is 1. The number of hydrogen-bond acceptors (Lipinski definition) is 6. The lowest BCUT2D eigenvalue weighted by Crippen LogP contribution is -2.29. The van der Waals surface area contributed by atoms with E-state index in [1.807, 2.05) is 43.3 Å². The smallest absolute Gasteiger partial charge is 0.300 e. The van der Waals surface area contributed by atoms with Crippen LogP contribution in [0.15, 0.2) is 72.3 Å². The van der Waals surface area contributed by atoms with Gasteiger partial charge in [-0.25, -0.2) is 0 Å². The highest BCUT2D eigenvalue weighted by atomic mass is 16.5. The van der Waals surface area contributed by atoms with Crippen molar-refractivity contribution < 1.29 is 24.2 Å². The van der Waals surface area contributed by atoms with Gasteiger partial charge in [0.2, 0.25) is 0 Å². The number of amides is 1. The lowest BCUT2D eigenvalue weighted by molar-refractivity contribution is -0.132. The second-order valence-electron chi connectivity index (χ2n) is 10.3. The van der Waals surface area contributed by atoms with E-state index in [0.717, 1.165) is 24.3 Å². The number of rotatable bonds is 10. The third kappa shape index (κ3) is 5.69. The zero-order valence-corrected chi connectivity index (χ0v) is 24.1. The molecule has 1 aliphatic rings. The highest BCUT2D eigenvalue weighted by Crippen LogP contribution is 2.43. The van der Waals surface area contributed by atoms with Crippen LogP contribution < -0.4 is 19.3 Å². The van der Waals surface area contributed by atoms with E-state index in [0.29, 0.717) is 40.8 Å². The van der Waals surface area contributed by atoms with Crippen molar-refractivity contribution >= 4 is 28.8 Å². The molecule has 1 saturated heterocycles. The first-order valence-electron chi connectivity index (χ1n) is 13.7. The maximum absolute atomic E-state index is 13.5. The van der Waals surface area contributed by atoms with Gasteiger partial charge in [0.15, 0.2) is 0 Å². The predicted octanol–water partition coefficient (Wildman–Crippen LogP) is 6.51. The topological polar surface area (TPSA) is 79.3 Å². The third-order valence-electron chi connectivity index (χ3n) is 7.15. The fourth-order valence-corrected chi connectivity index (χ4v) is 4.98. The van der Waals surface area contributed by atoms with E-state index in [1.54, 1.807) is 37.4 Å². The van der Waals surface area contributed by atoms with Gasteiger partial charge in [0.25, 0.3) is 11.7 Å². The number of aryl methyl sites for hydroxylation is 1. The van der Waals surface area contributed by atoms with Crippen LogP contribution in [0.3, 0.4) is 0 Å². The van der Waals surface area contributed by atoms with Gasteiger partial charge < -0.3 is 19.5 Å². The van der Waals surface area contributed by atoms with E-state index in [-0.39, 0.29) is 11.3 Å². The monoisotopic (exact) mass is 542 g/mol. The van der Waals surface area contributed by atoms with Gasteiger partial charge >= 0.3 is 0 Å². The molecule has 40 heavy (non-hydrogen) atoms. The summed E-state index contributed by atoms with van der Waals surface area (Å²) in [5, 5.41) is 11.5. The highest BCUT2D eigenvalue weighted by molar-refractivity contribution is 6.51. The molecule has 0 bridgehead atoms. The van der Waals surface area contributed by atoms with Crippen LogP contribution in [0, 0.1) is 12.8 Å². The Labute approximate surface area is 236 Å². The molecule has 3 aromatic carbocycles. The number of ether oxygens (including phenoxy) is 2. The summed E-state index contributed by atoms with van der Waals surface area (Å²) < 4.78 is 11.2. The molecule has 1 heterocycles. The Hall–Kier alpha value is -4.26. The van der Waals surface area contributed by atoms with Gasteiger partial charge in [-0.15, -0.1) is 0 Å². The Morgan fingerprint density at radius 1 is 0.975 bits per heavy atom. The second kappa shape index (κ2) is 12.3. The summed E-state index contributed by atoms with van der Waals surface area (Å²) in [4.78, 5) is 30.7. The van der Waals surface area contributed by atoms with Crippen molar-refractivity contribution in [2.75, 3.05) is 36.6 Å². The molecule has 0 spiro atoms. The lowest BCUT2D eigenvalue weighted by atomic mass is 9.94. The minimum Gasteiger partial charge on any atom is -0.507 e. The minimum atomic E-state index is -0.817. The first-order valence-corrected chi connectivity index (χ1v) is 13.7. The molecule has 0 aliphatic carbocycles. The van der Waals surface area contributed by atoms with Gasteiger partial charge in [-0.1, -0.05) is 26.0 Å². The maximum atomic E-state index is 13.5. The molecule has 1 atom stereocenters. The van der Waals surface area contributed by atoms with Crippen molar-refractivity contribution in [3.05, 3.63) is 89.0 Å². The Balaban J connectivity index is 1.82. The highest BCUT2D eigenvalue weighted by Gasteiger charge is 2.47. The van der Waals surface area contributed by atoms with Crippen LogP contribution in [0.4, 0.5) is 11.4 Å². The van der Waals surface area contributed by atoms with Crippen LogP contribution in [-0.2, 0) is 9.59 Å². The summed E-state index contributed by atoms with van der Waals surface area (Å²) in [6, 6.07) is 19.3. The SMILES string of the molecule is CCN(CC)c1ccc(N2C(=O)C(=O)/C(=C(\O)c3ccc(OCC(C)C)c(C)c3)C2c2ccc(OC)cc2)cc1. The van der Waals surface area contributed by atoms with Gasteiger partial charge in [-0.05, 0) is 92.4 Å². The average molecular weight is 543 g/mol. The minimum absolute atomic E-state index is 0.0400. The number of ketones is 1. The summed E-state index contributed by atoms with van der Waals surface area (Å²) in [5.74, 6) is 0.0899. The van der Waals surface area contributed by atoms with Crippen LogP contribution in [-0.4, -0.2) is 43.6 Å². The zero-order valence-electron chi connectivity index (χ0n) is 24.1. The first-order chi connectivity index (χ1) is 19.2. The molecule has 7 nitrogen and oxygen atoms in total. The van der Waals surface area contributed by atoms with Crippen LogP contribution >= 0.6 is 0 Å². The Bertz CT molecular complexity index is 1390. The summed E-state index contributed by atoms with van der Waals surface area (Å²) in [6.07, 6.45) is 0. The standard InChI is InChI=1S/C33H38N2O5/c1-7-34(8-2)25-12-14-26(15-13-25)35-30(23-9-16-27(39-6)17-10-23)29(32(37)33(35)38)31(36)24-11-18-28(22(5)19-24)40-20-21(3)4/h9-19,21,30,36H,7-8,20H2,1-6H3/b31-29-. The molecular formula is C33H38N2O5. The summed E-state index contributed by atoms with van der Waals surface area (Å²) in [5.41, 5.74) is 3.60. The largest absolute Gasteiger partial charge is 0.507 e. The normalized spacial score (nSPS) is 16.5. The number of nitrogens with zero attached hydrogens (tertiary/aromatic N) is 2. The molecule has 1 N–H and O–H groups in total. The van der Waals surface area contributed by atoms with Crippen molar-refractivity contribution in [2.45, 2.75) is 40.7 Å². The van der Waals surface area contributed by atoms with Crippen LogP contribution in [0.5, 0.6) is 11.5 Å². The lowest BCUT2D eigenvalue weighted by Gasteiger charge is -2.27. The number of aliphatic hydroxyl groups is 1. The van der Waals surface area contributed by atoms with Crippen LogP contribution in [0.2, 0.25) is 0 Å². The molecule has 1 unspecified atom stereocenters. The quantitative estimate of drug-likeness (QED) is 0.179. The number of carbonyl (C=O) groups excluding carboxylic acids is 2. The summed E-state index contributed by atoms with van der Waals surface area (Å²) in [7, 11) is 1.58. The van der Waals surface area contributed by atoms with E-state index in [2.05, 4.69) is 32.6 Å². The van der Waals surface area contributed by atoms with Gasteiger partial charge in [0, 0.05) is 30.0 Å². The van der Waals surface area contributed by atoms with E-state index in [1.165, 1.54) is 4.90 Å². The van der Waals surface area contributed by atoms with Gasteiger partial charge in [0.05, 0.1) is 25.3 Å². The summed E-state index contributed by atoms with van der Waals surface area (Å²) in [6.45, 7) is 12.5. The van der Waals surface area contributed by atoms with Crippen molar-refractivity contribution in [2.24, 2.45) is 5.92 Å². The number of anilines is 2. The molecule has 1 fully saturated rings. The van der Waals surface area contributed by atoms with E-state index in [4.69, 9.17) is 9.47 Å². The molecule has 0 radical (unpaired) electrons. The van der Waals surface area contributed by atoms with E-state index < -0.39 is 17.7 Å². The molecule has 0 aromatic heterocycles. The molecule has 210 valence electrons. The average Bonchev–Trinajstić information content (AvgIpc) is 3.22. The first kappa shape index (κ1) is 28.7. The number of methoxy groups -OCH3 is 1. The Kier molecular flexibility index (Phi) is 8.83. The van der Waals surface area contributed by atoms with E-state index >= 15 is 0 Å². The molecule has 0 saturated carbocycles. The van der Waals surface area contributed by atoms with Crippen molar-refractivity contribution in [1.82, 2.24) is 0 Å². The Morgan fingerprint density at radius 2 is 1.62 bits per heavy atom. The van der Waals surface area contributed by atoms with Crippen LogP contribution in [0.25, 0.3) is 5.76 Å². The molecule has 7 heteroatoms. The number of benzene rings is 3. The number of carbonyl (C=O) groups is 2.